The molecular weight excluding hydrogens is 378 g/mol. The number of hydrogen-bond donors (Lipinski definition) is 0. The van der Waals surface area contributed by atoms with Gasteiger partial charge in [-0.2, -0.15) is 0 Å². The van der Waals surface area contributed by atoms with Crippen molar-refractivity contribution in [3.8, 4) is 0 Å². The maximum atomic E-state index is 13.2. The predicted octanol–water partition coefficient (Wildman–Crippen LogP) is 5.24. The minimum atomic E-state index is -0.654. The number of carbonyl (C=O) groups excluding carboxylic acids is 2. The minimum absolute atomic E-state index is 0.110. The molecule has 28 heavy (non-hydrogen) atoms. The fourth-order valence-corrected chi connectivity index (χ4v) is 3.59. The first-order valence-electron chi connectivity index (χ1n) is 8.32. The lowest BCUT2D eigenvalue weighted by Gasteiger charge is -2.10. The lowest BCUT2D eigenvalue weighted by molar-refractivity contribution is -0.385. The fourth-order valence-electron chi connectivity index (χ4n) is 3.34. The molecule has 0 amide bonds. The van der Waals surface area contributed by atoms with Gasteiger partial charge in [0, 0.05) is 22.0 Å². The molecule has 0 aliphatic heterocycles. The van der Waals surface area contributed by atoms with E-state index < -0.39 is 16.4 Å². The van der Waals surface area contributed by atoms with Crippen molar-refractivity contribution < 1.29 is 14.5 Å². The van der Waals surface area contributed by atoms with Gasteiger partial charge in [0.05, 0.1) is 10.5 Å². The van der Waals surface area contributed by atoms with Crippen LogP contribution in [0.15, 0.2) is 66.7 Å². The van der Waals surface area contributed by atoms with Gasteiger partial charge in [-0.05, 0) is 28.3 Å². The van der Waals surface area contributed by atoms with Crippen LogP contribution in [-0.4, -0.2) is 17.0 Å². The number of nitro groups is 1. The maximum absolute atomic E-state index is 13.2. The van der Waals surface area contributed by atoms with Crippen molar-refractivity contribution in [1.29, 1.82) is 0 Å². The molecule has 0 heterocycles. The summed E-state index contributed by atoms with van der Waals surface area (Å²) in [4.78, 5) is 35.9. The van der Waals surface area contributed by atoms with E-state index in [-0.39, 0.29) is 16.7 Å². The number of ketones is 1. The first kappa shape index (κ1) is 17.8. The highest BCUT2D eigenvalue weighted by molar-refractivity contribution is 6.35. The molecule has 0 unspecified atom stereocenters. The zero-order chi connectivity index (χ0) is 19.8. The summed E-state index contributed by atoms with van der Waals surface area (Å²) in [6.45, 7) is 0. The molecule has 0 aliphatic rings. The third-order valence-electron chi connectivity index (χ3n) is 4.64. The molecule has 135 valence electrons. The molecule has 6 heteroatoms. The molecule has 4 rings (SSSR count). The predicted molar refractivity (Wildman–Crippen MR) is 108 cm³/mol. The first-order valence-corrected chi connectivity index (χ1v) is 8.70. The molecule has 0 atom stereocenters. The van der Waals surface area contributed by atoms with E-state index >= 15 is 0 Å². The van der Waals surface area contributed by atoms with E-state index in [0.29, 0.717) is 15.8 Å². The second-order valence-corrected chi connectivity index (χ2v) is 6.64. The Labute approximate surface area is 164 Å². The van der Waals surface area contributed by atoms with Gasteiger partial charge in [-0.1, -0.05) is 60.1 Å². The quantitative estimate of drug-likeness (QED) is 0.272. The van der Waals surface area contributed by atoms with E-state index in [1.165, 1.54) is 6.07 Å². The molecule has 1 radical (unpaired) electrons. The molecule has 0 aliphatic carbocycles. The van der Waals surface area contributed by atoms with Gasteiger partial charge < -0.3 is 0 Å². The fraction of sp³-hybridized carbons (Fsp3) is 0. The number of hydrogen-bond acceptors (Lipinski definition) is 4. The average Bonchev–Trinajstić information content (AvgIpc) is 2.71. The Morgan fingerprint density at radius 2 is 1.64 bits per heavy atom. The summed E-state index contributed by atoms with van der Waals surface area (Å²) < 4.78 is 0. The molecule has 0 saturated heterocycles. The highest BCUT2D eigenvalue weighted by Crippen LogP contribution is 2.33. The second kappa shape index (κ2) is 6.87. The highest BCUT2D eigenvalue weighted by Gasteiger charge is 2.28. The van der Waals surface area contributed by atoms with Gasteiger partial charge >= 0.3 is 0 Å². The number of rotatable bonds is 4. The van der Waals surface area contributed by atoms with Crippen LogP contribution in [0.3, 0.4) is 0 Å². The first-order chi connectivity index (χ1) is 13.5. The summed E-state index contributed by atoms with van der Waals surface area (Å²) in [5.41, 5.74) is -0.570. The van der Waals surface area contributed by atoms with Crippen molar-refractivity contribution >= 4 is 50.9 Å². The minimum Gasteiger partial charge on any atom is -0.288 e. The summed E-state index contributed by atoms with van der Waals surface area (Å²) >= 11 is 6.16. The van der Waals surface area contributed by atoms with E-state index in [2.05, 4.69) is 0 Å². The van der Waals surface area contributed by atoms with Crippen molar-refractivity contribution in [2.24, 2.45) is 0 Å². The van der Waals surface area contributed by atoms with Gasteiger partial charge in [-0.25, -0.2) is 0 Å². The molecule has 0 spiro atoms. The van der Waals surface area contributed by atoms with Crippen LogP contribution in [0.5, 0.6) is 0 Å². The summed E-state index contributed by atoms with van der Waals surface area (Å²) in [5, 5.41) is 14.6. The Bertz CT molecular complexity index is 1300. The van der Waals surface area contributed by atoms with Gasteiger partial charge in [0.2, 0.25) is 12.1 Å². The van der Waals surface area contributed by atoms with E-state index in [4.69, 9.17) is 11.6 Å². The number of halogens is 1. The monoisotopic (exact) mass is 388 g/mol. The molecule has 0 bridgehead atoms. The zero-order valence-corrected chi connectivity index (χ0v) is 15.1. The van der Waals surface area contributed by atoms with Crippen LogP contribution in [-0.2, 0) is 4.79 Å². The van der Waals surface area contributed by atoms with Gasteiger partial charge in [0.25, 0.3) is 5.69 Å². The molecular formula is C22H11ClNO4. The Morgan fingerprint density at radius 1 is 0.929 bits per heavy atom. The number of fused-ring (bicyclic) bond motifs is 2. The van der Waals surface area contributed by atoms with E-state index in [0.717, 1.165) is 10.8 Å². The molecule has 0 saturated carbocycles. The summed E-state index contributed by atoms with van der Waals surface area (Å²) in [5.74, 6) is -0.613. The smallest absolute Gasteiger partial charge is 0.281 e. The van der Waals surface area contributed by atoms with E-state index in [1.807, 2.05) is 0 Å². The van der Waals surface area contributed by atoms with Crippen LogP contribution >= 0.6 is 11.6 Å². The Morgan fingerprint density at radius 3 is 2.39 bits per heavy atom. The van der Waals surface area contributed by atoms with Crippen molar-refractivity contribution in [3.05, 3.63) is 98.6 Å². The van der Waals surface area contributed by atoms with Crippen molar-refractivity contribution in [1.82, 2.24) is 0 Å². The van der Waals surface area contributed by atoms with Gasteiger partial charge in [-0.15, -0.1) is 0 Å². The zero-order valence-electron chi connectivity index (χ0n) is 14.3. The number of nitrogens with zero attached hydrogens (tertiary/aromatic N) is 1. The Balaban J connectivity index is 2.00. The van der Waals surface area contributed by atoms with Crippen molar-refractivity contribution in [2.45, 2.75) is 0 Å². The number of benzene rings is 4. The highest BCUT2D eigenvalue weighted by atomic mass is 35.5. The SMILES string of the molecule is O=[C]c1c(C(=O)c2ccc3c(Cl)cccc3c2)c([N+](=O)[O-])cc2ccccc12. The van der Waals surface area contributed by atoms with Gasteiger partial charge in [-0.3, -0.25) is 19.7 Å². The summed E-state index contributed by atoms with van der Waals surface area (Å²) in [7, 11) is 0. The standard InChI is InChI=1S/C22H11ClNO4/c23-19-7-3-5-13-10-15(8-9-17(13)19)22(26)21-18(12-25)16-6-2-1-4-14(16)11-20(21)24(27)28/h1-11H. The Hall–Kier alpha value is -3.57. The van der Waals surface area contributed by atoms with Crippen LogP contribution in [0.2, 0.25) is 5.02 Å². The second-order valence-electron chi connectivity index (χ2n) is 6.23. The molecule has 0 aromatic heterocycles. The maximum Gasteiger partial charge on any atom is 0.281 e. The van der Waals surface area contributed by atoms with Crippen LogP contribution in [0.1, 0.15) is 21.5 Å². The van der Waals surface area contributed by atoms with Crippen LogP contribution in [0.4, 0.5) is 5.69 Å². The lowest BCUT2D eigenvalue weighted by Crippen LogP contribution is -2.10. The average molecular weight is 389 g/mol. The lowest BCUT2D eigenvalue weighted by atomic mass is 9.91. The largest absolute Gasteiger partial charge is 0.288 e. The topological polar surface area (TPSA) is 77.3 Å². The molecule has 4 aromatic rings. The third-order valence-corrected chi connectivity index (χ3v) is 4.97. The molecule has 5 nitrogen and oxygen atoms in total. The van der Waals surface area contributed by atoms with Crippen LogP contribution < -0.4 is 0 Å². The van der Waals surface area contributed by atoms with E-state index in [9.17, 15) is 19.7 Å². The van der Waals surface area contributed by atoms with Crippen molar-refractivity contribution in [2.75, 3.05) is 0 Å². The molecule has 0 N–H and O–H groups in total. The Kier molecular flexibility index (Phi) is 4.37. The van der Waals surface area contributed by atoms with Crippen LogP contribution in [0, 0.1) is 10.1 Å². The number of carbonyl (C=O) groups is 1. The summed E-state index contributed by atoms with van der Waals surface area (Å²) in [6, 6.07) is 18.1. The van der Waals surface area contributed by atoms with Crippen LogP contribution in [0.25, 0.3) is 21.5 Å². The molecule has 4 aromatic carbocycles. The van der Waals surface area contributed by atoms with Gasteiger partial charge in [0.15, 0.2) is 0 Å². The van der Waals surface area contributed by atoms with Gasteiger partial charge in [0.1, 0.15) is 5.56 Å². The summed E-state index contributed by atoms with van der Waals surface area (Å²) in [6.07, 6.45) is 1.73. The molecule has 0 fully saturated rings. The van der Waals surface area contributed by atoms with Crippen molar-refractivity contribution in [3.63, 3.8) is 0 Å². The number of nitro benzene ring substituents is 1. The van der Waals surface area contributed by atoms with E-state index in [1.54, 1.807) is 66.9 Å². The normalized spacial score (nSPS) is 10.9. The third kappa shape index (κ3) is 2.82.